The van der Waals surface area contributed by atoms with E-state index >= 15 is 0 Å². The van der Waals surface area contributed by atoms with Crippen LogP contribution in [0.1, 0.15) is 76.5 Å². The van der Waals surface area contributed by atoms with E-state index in [1.165, 1.54) is 5.56 Å². The van der Waals surface area contributed by atoms with E-state index in [2.05, 4.69) is 39.8 Å². The number of carbonyl (C=O) groups is 1. The van der Waals surface area contributed by atoms with Crippen molar-refractivity contribution in [2.45, 2.75) is 71.8 Å². The van der Waals surface area contributed by atoms with Crippen LogP contribution in [0, 0.1) is 17.3 Å². The van der Waals surface area contributed by atoms with Crippen LogP contribution >= 0.6 is 0 Å². The largest absolute Gasteiger partial charge is 0.426 e. The quantitative estimate of drug-likeness (QED) is 0.439. The van der Waals surface area contributed by atoms with Gasteiger partial charge in [0.25, 0.3) is 0 Å². The number of nitrogens with two attached hydrogens (primary N) is 1. The van der Waals surface area contributed by atoms with Crippen LogP contribution < -0.4 is 10.5 Å². The Morgan fingerprint density at radius 2 is 1.88 bits per heavy atom. The Bertz CT molecular complexity index is 923. The van der Waals surface area contributed by atoms with E-state index < -0.39 is 11.0 Å². The van der Waals surface area contributed by atoms with Gasteiger partial charge in [-0.3, -0.25) is 4.79 Å². The first-order valence-electron chi connectivity index (χ1n) is 11.9. The molecule has 174 valence electrons. The summed E-state index contributed by atoms with van der Waals surface area (Å²) in [7, 11) is 0. The van der Waals surface area contributed by atoms with Crippen molar-refractivity contribution in [3.8, 4) is 5.75 Å². The van der Waals surface area contributed by atoms with Gasteiger partial charge in [0.1, 0.15) is 5.75 Å². The zero-order valence-corrected chi connectivity index (χ0v) is 20.2. The fourth-order valence-electron chi connectivity index (χ4n) is 5.09. The predicted octanol–water partition coefficient (Wildman–Crippen LogP) is 5.57. The lowest BCUT2D eigenvalue weighted by Crippen LogP contribution is -2.54. The van der Waals surface area contributed by atoms with Gasteiger partial charge in [-0.25, -0.2) is 0 Å². The summed E-state index contributed by atoms with van der Waals surface area (Å²) in [5, 5.41) is 11.7. The highest BCUT2D eigenvalue weighted by molar-refractivity contribution is 5.80. The molecule has 0 saturated heterocycles. The molecule has 2 aromatic carbocycles. The molecule has 1 aliphatic rings. The SMILES string of the molecule is CC(C)Cc1ccc(C(C)C(=O)Oc2cccc(C3(O)CCCC(C)C3(C)CN)c2)cc1. The number of benzene rings is 2. The molecule has 4 heteroatoms. The molecular weight excluding hydrogens is 398 g/mol. The summed E-state index contributed by atoms with van der Waals surface area (Å²) in [6, 6.07) is 15.5. The second kappa shape index (κ2) is 9.76. The van der Waals surface area contributed by atoms with Crippen LogP contribution in [-0.2, 0) is 16.8 Å². The molecule has 0 aliphatic heterocycles. The van der Waals surface area contributed by atoms with Crippen molar-refractivity contribution in [2.75, 3.05) is 6.54 Å². The molecule has 32 heavy (non-hydrogen) atoms. The van der Waals surface area contributed by atoms with Gasteiger partial charge in [-0.05, 0) is 73.3 Å². The maximum atomic E-state index is 12.9. The highest BCUT2D eigenvalue weighted by atomic mass is 16.5. The van der Waals surface area contributed by atoms with Gasteiger partial charge in [0.2, 0.25) is 0 Å². The molecule has 0 aromatic heterocycles. The topological polar surface area (TPSA) is 72.5 Å². The molecule has 4 atom stereocenters. The first-order valence-corrected chi connectivity index (χ1v) is 11.9. The molecule has 0 spiro atoms. The molecule has 4 unspecified atom stereocenters. The lowest BCUT2D eigenvalue weighted by Gasteiger charge is -2.52. The number of ether oxygens (including phenoxy) is 1. The smallest absolute Gasteiger partial charge is 0.318 e. The number of carbonyl (C=O) groups excluding carboxylic acids is 1. The zero-order valence-electron chi connectivity index (χ0n) is 20.2. The van der Waals surface area contributed by atoms with E-state index in [0.717, 1.165) is 30.4 Å². The van der Waals surface area contributed by atoms with Gasteiger partial charge in [-0.2, -0.15) is 0 Å². The molecule has 3 rings (SSSR count). The molecule has 1 saturated carbocycles. The summed E-state index contributed by atoms with van der Waals surface area (Å²) in [6.07, 6.45) is 3.68. The van der Waals surface area contributed by atoms with Gasteiger partial charge < -0.3 is 15.6 Å². The molecule has 1 aliphatic carbocycles. The Kier molecular flexibility index (Phi) is 7.46. The van der Waals surface area contributed by atoms with Crippen molar-refractivity contribution in [1.29, 1.82) is 0 Å². The van der Waals surface area contributed by atoms with Crippen molar-refractivity contribution < 1.29 is 14.6 Å². The molecule has 3 N–H and O–H groups in total. The van der Waals surface area contributed by atoms with Gasteiger partial charge in [-0.15, -0.1) is 0 Å². The minimum Gasteiger partial charge on any atom is -0.426 e. The Hall–Kier alpha value is -2.17. The lowest BCUT2D eigenvalue weighted by molar-refractivity contribution is -0.137. The highest BCUT2D eigenvalue weighted by Crippen LogP contribution is 2.53. The molecule has 1 fully saturated rings. The zero-order chi connectivity index (χ0) is 23.5. The number of aliphatic hydroxyl groups is 1. The van der Waals surface area contributed by atoms with E-state index in [9.17, 15) is 9.90 Å². The normalized spacial score (nSPS) is 26.7. The molecule has 0 amide bonds. The molecule has 2 aromatic rings. The number of rotatable bonds is 7. The second-order valence-corrected chi connectivity index (χ2v) is 10.3. The van der Waals surface area contributed by atoms with Crippen LogP contribution in [0.2, 0.25) is 0 Å². The van der Waals surface area contributed by atoms with Crippen LogP contribution in [-0.4, -0.2) is 17.6 Å². The highest BCUT2D eigenvalue weighted by Gasteiger charge is 2.52. The van der Waals surface area contributed by atoms with Crippen molar-refractivity contribution in [3.05, 3.63) is 65.2 Å². The second-order valence-electron chi connectivity index (χ2n) is 10.3. The van der Waals surface area contributed by atoms with Gasteiger partial charge in [0.05, 0.1) is 11.5 Å². The van der Waals surface area contributed by atoms with E-state index in [1.54, 1.807) is 6.07 Å². The van der Waals surface area contributed by atoms with Crippen LogP contribution in [0.4, 0.5) is 0 Å². The Morgan fingerprint density at radius 3 is 2.50 bits per heavy atom. The van der Waals surface area contributed by atoms with E-state index in [4.69, 9.17) is 10.5 Å². The Labute approximate surface area is 193 Å². The maximum Gasteiger partial charge on any atom is 0.318 e. The number of hydrogen-bond acceptors (Lipinski definition) is 4. The van der Waals surface area contributed by atoms with Gasteiger partial charge in [0.15, 0.2) is 0 Å². The molecule has 4 nitrogen and oxygen atoms in total. The standard InChI is InChI=1S/C28H39NO3/c1-19(2)16-22-11-13-23(14-12-22)21(4)26(30)32-25-10-6-9-24(17-25)28(31)15-7-8-20(3)27(28,5)18-29/h6,9-14,17,19-21,31H,7-8,15-16,18,29H2,1-5H3. The van der Waals surface area contributed by atoms with Crippen LogP contribution in [0.25, 0.3) is 0 Å². The van der Waals surface area contributed by atoms with Crippen LogP contribution in [0.5, 0.6) is 5.75 Å². The van der Waals surface area contributed by atoms with Crippen LogP contribution in [0.3, 0.4) is 0 Å². The monoisotopic (exact) mass is 437 g/mol. The first-order chi connectivity index (χ1) is 15.1. The molecule has 0 radical (unpaired) electrons. The molecule has 0 bridgehead atoms. The van der Waals surface area contributed by atoms with E-state index in [-0.39, 0.29) is 11.9 Å². The van der Waals surface area contributed by atoms with Crippen molar-refractivity contribution in [1.82, 2.24) is 0 Å². The predicted molar refractivity (Wildman–Crippen MR) is 130 cm³/mol. The third kappa shape index (κ3) is 4.77. The fourth-order valence-corrected chi connectivity index (χ4v) is 5.09. The first kappa shape index (κ1) is 24.5. The van der Waals surface area contributed by atoms with Crippen molar-refractivity contribution >= 4 is 5.97 Å². The minimum atomic E-state index is -1.04. The summed E-state index contributed by atoms with van der Waals surface area (Å²) in [4.78, 5) is 12.9. The summed E-state index contributed by atoms with van der Waals surface area (Å²) >= 11 is 0. The minimum absolute atomic E-state index is 0.302. The van der Waals surface area contributed by atoms with Gasteiger partial charge >= 0.3 is 5.97 Å². The van der Waals surface area contributed by atoms with Gasteiger partial charge in [-0.1, -0.05) is 64.1 Å². The van der Waals surface area contributed by atoms with Crippen molar-refractivity contribution in [2.24, 2.45) is 23.0 Å². The number of hydrogen-bond donors (Lipinski definition) is 2. The van der Waals surface area contributed by atoms with Crippen molar-refractivity contribution in [3.63, 3.8) is 0 Å². The maximum absolute atomic E-state index is 12.9. The average molecular weight is 438 g/mol. The number of esters is 1. The average Bonchev–Trinajstić information content (AvgIpc) is 2.77. The van der Waals surface area contributed by atoms with E-state index in [0.29, 0.717) is 30.6 Å². The third-order valence-corrected chi connectivity index (χ3v) is 7.64. The summed E-state index contributed by atoms with van der Waals surface area (Å²) in [5.74, 6) is 0.680. The molecule has 0 heterocycles. The summed E-state index contributed by atoms with van der Waals surface area (Å²) < 4.78 is 5.75. The Balaban J connectivity index is 1.77. The Morgan fingerprint density at radius 1 is 1.19 bits per heavy atom. The molecular formula is C28H39NO3. The van der Waals surface area contributed by atoms with Crippen LogP contribution in [0.15, 0.2) is 48.5 Å². The third-order valence-electron chi connectivity index (χ3n) is 7.64. The lowest BCUT2D eigenvalue weighted by atomic mass is 9.57. The summed E-state index contributed by atoms with van der Waals surface area (Å²) in [6.45, 7) is 10.9. The summed E-state index contributed by atoms with van der Waals surface area (Å²) in [5.41, 5.74) is 7.67. The fraction of sp³-hybridized carbons (Fsp3) is 0.536. The van der Waals surface area contributed by atoms with E-state index in [1.807, 2.05) is 37.3 Å². The van der Waals surface area contributed by atoms with Gasteiger partial charge in [0, 0.05) is 12.0 Å².